The molecule has 1 aromatic rings. The van der Waals surface area contributed by atoms with Gasteiger partial charge in [0.25, 0.3) is 0 Å². The first-order valence-corrected chi connectivity index (χ1v) is 5.40. The number of methoxy groups -OCH3 is 1. The number of aryl methyl sites for hydroxylation is 1. The normalized spacial score (nSPS) is 12.2. The van der Waals surface area contributed by atoms with Crippen LogP contribution in [0.4, 0.5) is 5.69 Å². The van der Waals surface area contributed by atoms with E-state index in [0.29, 0.717) is 6.54 Å². The van der Waals surface area contributed by atoms with Crippen LogP contribution in [0.25, 0.3) is 0 Å². The molecule has 0 spiro atoms. The van der Waals surface area contributed by atoms with Crippen molar-refractivity contribution in [2.75, 3.05) is 18.6 Å². The summed E-state index contributed by atoms with van der Waals surface area (Å²) in [5.41, 5.74) is 2.17. The van der Waals surface area contributed by atoms with Gasteiger partial charge in [-0.05, 0) is 18.1 Å². The smallest absolute Gasteiger partial charge is 0.237 e. The van der Waals surface area contributed by atoms with Crippen LogP contribution in [0.15, 0.2) is 36.9 Å². The number of hydrogen-bond acceptors (Lipinski definition) is 3. The molecule has 16 heavy (non-hydrogen) atoms. The van der Waals surface area contributed by atoms with Crippen LogP contribution in [0.3, 0.4) is 0 Å². The Kier molecular flexibility index (Phi) is 5.02. The average molecular weight is 221 g/mol. The molecule has 0 heterocycles. The van der Waals surface area contributed by atoms with Crippen molar-refractivity contribution >= 4 is 5.69 Å². The van der Waals surface area contributed by atoms with Gasteiger partial charge in [0.15, 0.2) is 0 Å². The van der Waals surface area contributed by atoms with E-state index in [9.17, 15) is 5.11 Å². The van der Waals surface area contributed by atoms with Crippen LogP contribution >= 0.6 is 0 Å². The molecule has 0 amide bonds. The zero-order valence-corrected chi connectivity index (χ0v) is 9.89. The Morgan fingerprint density at radius 3 is 2.75 bits per heavy atom. The second-order valence-electron chi connectivity index (χ2n) is 3.49. The van der Waals surface area contributed by atoms with E-state index >= 15 is 0 Å². The first-order chi connectivity index (χ1) is 7.74. The van der Waals surface area contributed by atoms with Crippen molar-refractivity contribution < 1.29 is 9.84 Å². The van der Waals surface area contributed by atoms with Gasteiger partial charge in [0, 0.05) is 19.3 Å². The molecule has 3 heteroatoms. The van der Waals surface area contributed by atoms with Crippen molar-refractivity contribution in [1.29, 1.82) is 0 Å². The molecule has 0 aliphatic rings. The Morgan fingerprint density at radius 1 is 1.50 bits per heavy atom. The van der Waals surface area contributed by atoms with Crippen molar-refractivity contribution in [2.24, 2.45) is 0 Å². The SMILES string of the molecule is C=CCN(c1ccccc1CC)C(O)OC. The Hall–Kier alpha value is -1.32. The first kappa shape index (κ1) is 12.7. The summed E-state index contributed by atoms with van der Waals surface area (Å²) < 4.78 is 4.95. The molecular formula is C13H19NO2. The largest absolute Gasteiger partial charge is 0.351 e. The standard InChI is InChI=1S/C13H19NO2/c1-4-10-14(13(15)16-3)12-9-7-6-8-11(12)5-2/h4,6-9,13,15H,1,5,10H2,2-3H3. The maximum absolute atomic E-state index is 9.78. The maximum Gasteiger partial charge on any atom is 0.237 e. The van der Waals surface area contributed by atoms with E-state index in [0.717, 1.165) is 12.1 Å². The van der Waals surface area contributed by atoms with Crippen molar-refractivity contribution in [3.8, 4) is 0 Å². The van der Waals surface area contributed by atoms with E-state index in [1.165, 1.54) is 12.7 Å². The molecule has 0 fully saturated rings. The van der Waals surface area contributed by atoms with Gasteiger partial charge in [-0.2, -0.15) is 0 Å². The molecule has 1 rings (SSSR count). The lowest BCUT2D eigenvalue weighted by atomic mass is 10.1. The molecule has 0 aliphatic carbocycles. The minimum absolute atomic E-state index is 0.548. The van der Waals surface area contributed by atoms with E-state index in [2.05, 4.69) is 13.5 Å². The maximum atomic E-state index is 9.78. The number of aliphatic hydroxyl groups excluding tert-OH is 1. The van der Waals surface area contributed by atoms with Gasteiger partial charge in [-0.1, -0.05) is 31.2 Å². The molecule has 1 N–H and O–H groups in total. The average Bonchev–Trinajstić information content (AvgIpc) is 2.35. The van der Waals surface area contributed by atoms with Gasteiger partial charge in [0.1, 0.15) is 0 Å². The molecule has 0 radical (unpaired) electrons. The zero-order chi connectivity index (χ0) is 12.0. The van der Waals surface area contributed by atoms with Gasteiger partial charge in [-0.3, -0.25) is 0 Å². The summed E-state index contributed by atoms with van der Waals surface area (Å²) in [7, 11) is 1.48. The second kappa shape index (κ2) is 6.30. The van der Waals surface area contributed by atoms with Gasteiger partial charge < -0.3 is 14.7 Å². The van der Waals surface area contributed by atoms with Gasteiger partial charge in [0.05, 0.1) is 0 Å². The summed E-state index contributed by atoms with van der Waals surface area (Å²) in [6.45, 7) is 6.32. The highest BCUT2D eigenvalue weighted by atomic mass is 16.6. The number of para-hydroxylation sites is 1. The molecule has 88 valence electrons. The fourth-order valence-electron chi connectivity index (χ4n) is 1.66. The molecule has 0 saturated heterocycles. The molecule has 1 atom stereocenters. The fraction of sp³-hybridized carbons (Fsp3) is 0.385. The monoisotopic (exact) mass is 221 g/mol. The minimum atomic E-state index is -0.939. The molecule has 0 bridgehead atoms. The summed E-state index contributed by atoms with van der Waals surface area (Å²) in [5.74, 6) is 0. The molecule has 3 nitrogen and oxygen atoms in total. The molecule has 0 aromatic heterocycles. The number of aliphatic hydroxyl groups is 1. The van der Waals surface area contributed by atoms with Crippen molar-refractivity contribution in [3.63, 3.8) is 0 Å². The highest BCUT2D eigenvalue weighted by Gasteiger charge is 2.16. The third kappa shape index (κ3) is 2.84. The van der Waals surface area contributed by atoms with E-state index < -0.39 is 6.41 Å². The third-order valence-electron chi connectivity index (χ3n) is 2.49. The van der Waals surface area contributed by atoms with E-state index in [1.54, 1.807) is 11.0 Å². The second-order valence-corrected chi connectivity index (χ2v) is 3.49. The van der Waals surface area contributed by atoms with Gasteiger partial charge in [0.2, 0.25) is 6.41 Å². The molecule has 1 unspecified atom stereocenters. The highest BCUT2D eigenvalue weighted by Crippen LogP contribution is 2.22. The van der Waals surface area contributed by atoms with Crippen LogP contribution in [0, 0.1) is 0 Å². The van der Waals surface area contributed by atoms with Crippen LogP contribution in [-0.4, -0.2) is 25.2 Å². The Bertz CT molecular complexity index is 338. The van der Waals surface area contributed by atoms with Crippen LogP contribution in [0.1, 0.15) is 12.5 Å². The molecule has 0 aliphatic heterocycles. The lowest BCUT2D eigenvalue weighted by Crippen LogP contribution is -2.37. The van der Waals surface area contributed by atoms with Crippen LogP contribution in [0.2, 0.25) is 0 Å². The van der Waals surface area contributed by atoms with Crippen molar-refractivity contribution in [3.05, 3.63) is 42.5 Å². The quantitative estimate of drug-likeness (QED) is 0.590. The van der Waals surface area contributed by atoms with Gasteiger partial charge >= 0.3 is 0 Å². The Morgan fingerprint density at radius 2 is 2.19 bits per heavy atom. The number of rotatable bonds is 6. The Labute approximate surface area is 97.0 Å². The summed E-state index contributed by atoms with van der Waals surface area (Å²) in [4.78, 5) is 1.77. The topological polar surface area (TPSA) is 32.7 Å². The van der Waals surface area contributed by atoms with Crippen LogP contribution in [0.5, 0.6) is 0 Å². The number of ether oxygens (including phenoxy) is 1. The summed E-state index contributed by atoms with van der Waals surface area (Å²) >= 11 is 0. The van der Waals surface area contributed by atoms with Crippen molar-refractivity contribution in [1.82, 2.24) is 0 Å². The minimum Gasteiger partial charge on any atom is -0.351 e. The van der Waals surface area contributed by atoms with Gasteiger partial charge in [-0.15, -0.1) is 6.58 Å². The summed E-state index contributed by atoms with van der Waals surface area (Å²) in [6, 6.07) is 7.97. The molecule has 1 aromatic carbocycles. The molecular weight excluding hydrogens is 202 g/mol. The number of benzene rings is 1. The van der Waals surface area contributed by atoms with E-state index in [-0.39, 0.29) is 0 Å². The predicted molar refractivity (Wildman–Crippen MR) is 66.4 cm³/mol. The summed E-state index contributed by atoms with van der Waals surface area (Å²) in [5, 5.41) is 9.78. The van der Waals surface area contributed by atoms with Gasteiger partial charge in [-0.25, -0.2) is 0 Å². The predicted octanol–water partition coefficient (Wildman–Crippen LogP) is 2.16. The van der Waals surface area contributed by atoms with Crippen LogP contribution < -0.4 is 4.90 Å². The highest BCUT2D eigenvalue weighted by molar-refractivity contribution is 5.54. The number of nitrogens with zero attached hydrogens (tertiary/aromatic N) is 1. The Balaban J connectivity index is 3.04. The molecule has 0 saturated carbocycles. The lowest BCUT2D eigenvalue weighted by Gasteiger charge is -2.29. The third-order valence-corrected chi connectivity index (χ3v) is 2.49. The first-order valence-electron chi connectivity index (χ1n) is 5.40. The van der Waals surface area contributed by atoms with E-state index in [1.807, 2.05) is 24.3 Å². The zero-order valence-electron chi connectivity index (χ0n) is 9.89. The lowest BCUT2D eigenvalue weighted by molar-refractivity contribution is -0.0729. The van der Waals surface area contributed by atoms with Crippen LogP contribution in [-0.2, 0) is 11.2 Å². The summed E-state index contributed by atoms with van der Waals surface area (Å²) in [6.07, 6.45) is 1.72. The van der Waals surface area contributed by atoms with Crippen molar-refractivity contribution in [2.45, 2.75) is 19.8 Å². The van der Waals surface area contributed by atoms with E-state index in [4.69, 9.17) is 4.74 Å². The number of anilines is 1. The number of hydrogen-bond donors (Lipinski definition) is 1. The fourth-order valence-corrected chi connectivity index (χ4v) is 1.66.